The van der Waals surface area contributed by atoms with Crippen LogP contribution in [-0.2, 0) is 9.53 Å². The number of aromatic nitrogens is 2. The van der Waals surface area contributed by atoms with Gasteiger partial charge in [-0.3, -0.25) is 4.79 Å². The first kappa shape index (κ1) is 19.8. The highest BCUT2D eigenvalue weighted by molar-refractivity contribution is 7.09. The number of aryl methyl sites for hydroxylation is 3. The fourth-order valence-corrected chi connectivity index (χ4v) is 3.59. The van der Waals surface area contributed by atoms with Gasteiger partial charge in [0.1, 0.15) is 0 Å². The van der Waals surface area contributed by atoms with Crippen molar-refractivity contribution < 1.29 is 14.3 Å². The van der Waals surface area contributed by atoms with Gasteiger partial charge in [0.15, 0.2) is 6.61 Å². The van der Waals surface area contributed by atoms with Crippen LogP contribution in [0.5, 0.6) is 0 Å². The van der Waals surface area contributed by atoms with Gasteiger partial charge in [0.05, 0.1) is 10.7 Å². The minimum absolute atomic E-state index is 0.224. The molecule has 5 nitrogen and oxygen atoms in total. The van der Waals surface area contributed by atoms with Crippen molar-refractivity contribution in [3.63, 3.8) is 0 Å². The zero-order valence-corrected chi connectivity index (χ0v) is 17.2. The minimum Gasteiger partial charge on any atom is -0.454 e. The van der Waals surface area contributed by atoms with Gasteiger partial charge >= 0.3 is 5.97 Å². The summed E-state index contributed by atoms with van der Waals surface area (Å²) in [4.78, 5) is 28.7. The number of carbonyl (C=O) groups excluding carboxylic acids is 2. The van der Waals surface area contributed by atoms with E-state index in [0.29, 0.717) is 11.3 Å². The first-order valence-electron chi connectivity index (χ1n) is 8.91. The topological polar surface area (TPSA) is 61.2 Å². The number of ether oxygens (including phenoxy) is 1. The lowest BCUT2D eigenvalue weighted by molar-refractivity contribution is -0.136. The summed E-state index contributed by atoms with van der Waals surface area (Å²) in [5.74, 6) is -0.788. The Kier molecular flexibility index (Phi) is 5.90. The molecule has 0 saturated heterocycles. The lowest BCUT2D eigenvalue weighted by atomic mass is 10.1. The van der Waals surface area contributed by atoms with Gasteiger partial charge in [-0.2, -0.15) is 0 Å². The van der Waals surface area contributed by atoms with Crippen molar-refractivity contribution in [2.75, 3.05) is 6.61 Å². The monoisotopic (exact) mass is 394 g/mol. The number of nitrogens with zero attached hydrogens (tertiary/aromatic N) is 2. The molecule has 0 unspecified atom stereocenters. The number of esters is 1. The van der Waals surface area contributed by atoms with E-state index in [1.807, 2.05) is 68.0 Å². The van der Waals surface area contributed by atoms with Crippen LogP contribution in [0.25, 0.3) is 11.8 Å². The normalized spacial score (nSPS) is 11.1. The summed E-state index contributed by atoms with van der Waals surface area (Å²) in [5.41, 5.74) is 5.22. The van der Waals surface area contributed by atoms with Crippen LogP contribution < -0.4 is 0 Å². The van der Waals surface area contributed by atoms with Crippen molar-refractivity contribution in [1.82, 2.24) is 9.55 Å². The van der Waals surface area contributed by atoms with E-state index in [1.165, 1.54) is 23.0 Å². The van der Waals surface area contributed by atoms with Crippen molar-refractivity contribution in [2.45, 2.75) is 27.7 Å². The summed E-state index contributed by atoms with van der Waals surface area (Å²) in [6, 6.07) is 9.95. The lowest BCUT2D eigenvalue weighted by Gasteiger charge is -2.10. The highest BCUT2D eigenvalue weighted by Gasteiger charge is 2.17. The summed E-state index contributed by atoms with van der Waals surface area (Å²) in [6.45, 7) is 7.48. The number of rotatable bonds is 6. The first-order valence-corrected chi connectivity index (χ1v) is 9.79. The molecule has 0 atom stereocenters. The maximum Gasteiger partial charge on any atom is 0.331 e. The summed E-state index contributed by atoms with van der Waals surface area (Å²) in [7, 11) is 0. The fraction of sp³-hybridized carbons (Fsp3) is 0.227. The van der Waals surface area contributed by atoms with Crippen LogP contribution in [0.15, 0.2) is 41.8 Å². The van der Waals surface area contributed by atoms with Crippen molar-refractivity contribution in [3.8, 4) is 5.69 Å². The van der Waals surface area contributed by atoms with Gasteiger partial charge in [0.2, 0.25) is 5.78 Å². The molecule has 0 aliphatic rings. The Balaban J connectivity index is 1.67. The molecule has 0 aliphatic heterocycles. The summed E-state index contributed by atoms with van der Waals surface area (Å²) in [5, 5.41) is 2.77. The number of carbonyl (C=O) groups is 2. The van der Waals surface area contributed by atoms with E-state index in [9.17, 15) is 9.59 Å². The molecule has 0 aliphatic carbocycles. The predicted octanol–water partition coefficient (Wildman–Crippen LogP) is 4.61. The first-order chi connectivity index (χ1) is 13.3. The molecule has 0 fully saturated rings. The molecule has 144 valence electrons. The molecule has 0 bridgehead atoms. The molecule has 0 radical (unpaired) electrons. The Bertz CT molecular complexity index is 1040. The smallest absolute Gasteiger partial charge is 0.331 e. The third-order valence-electron chi connectivity index (χ3n) is 4.40. The van der Waals surface area contributed by atoms with Crippen LogP contribution in [0.2, 0.25) is 0 Å². The Morgan fingerprint density at radius 1 is 1.14 bits per heavy atom. The molecular formula is C22H22N2O3S. The maximum absolute atomic E-state index is 12.6. The second kappa shape index (κ2) is 8.35. The SMILES string of the molecule is Cc1ccc(-n2c(C)cc(C(=O)COC(=O)/C=C/c3csc(C)n3)c2C)cc1. The highest BCUT2D eigenvalue weighted by atomic mass is 32.1. The van der Waals surface area contributed by atoms with E-state index in [2.05, 4.69) is 4.98 Å². The molecule has 3 rings (SSSR count). The number of benzene rings is 1. The number of thiazole rings is 1. The Hall–Kier alpha value is -2.99. The van der Waals surface area contributed by atoms with Crippen LogP contribution in [0, 0.1) is 27.7 Å². The predicted molar refractivity (Wildman–Crippen MR) is 111 cm³/mol. The zero-order valence-electron chi connectivity index (χ0n) is 16.4. The van der Waals surface area contributed by atoms with Crippen molar-refractivity contribution in [1.29, 1.82) is 0 Å². The molecule has 0 saturated carbocycles. The molecule has 28 heavy (non-hydrogen) atoms. The number of Topliss-reactive ketones (excluding diaryl/α,β-unsaturated/α-hetero) is 1. The van der Waals surface area contributed by atoms with Gasteiger partial charge < -0.3 is 9.30 Å². The van der Waals surface area contributed by atoms with E-state index >= 15 is 0 Å². The molecule has 2 heterocycles. The van der Waals surface area contributed by atoms with Gasteiger partial charge in [-0.1, -0.05) is 17.7 Å². The Morgan fingerprint density at radius 2 is 1.86 bits per heavy atom. The van der Waals surface area contributed by atoms with Gasteiger partial charge in [-0.25, -0.2) is 9.78 Å². The number of ketones is 1. The van der Waals surface area contributed by atoms with E-state index in [4.69, 9.17) is 4.74 Å². The largest absolute Gasteiger partial charge is 0.454 e. The third kappa shape index (κ3) is 4.46. The molecule has 0 amide bonds. The van der Waals surface area contributed by atoms with E-state index < -0.39 is 5.97 Å². The second-order valence-electron chi connectivity index (χ2n) is 6.61. The van der Waals surface area contributed by atoms with Gasteiger partial charge in [0.25, 0.3) is 0 Å². The average molecular weight is 394 g/mol. The van der Waals surface area contributed by atoms with Crippen LogP contribution in [0.1, 0.15) is 38.0 Å². The van der Waals surface area contributed by atoms with Crippen molar-refractivity contribution in [3.05, 3.63) is 75.0 Å². The number of hydrogen-bond acceptors (Lipinski definition) is 5. The standard InChI is InChI=1S/C22H22N2O3S/c1-14-5-8-19(9-6-14)24-15(2)11-20(16(24)3)21(25)12-27-22(26)10-7-18-13-28-17(4)23-18/h5-11,13H,12H2,1-4H3/b10-7+. The Morgan fingerprint density at radius 3 is 2.50 bits per heavy atom. The molecular weight excluding hydrogens is 372 g/mol. The summed E-state index contributed by atoms with van der Waals surface area (Å²) >= 11 is 1.50. The van der Waals surface area contributed by atoms with Crippen molar-refractivity contribution >= 4 is 29.2 Å². The molecule has 0 N–H and O–H groups in total. The molecule has 0 spiro atoms. The Labute approximate surface area is 168 Å². The number of hydrogen-bond donors (Lipinski definition) is 0. The van der Waals surface area contributed by atoms with Crippen LogP contribution in [0.3, 0.4) is 0 Å². The highest BCUT2D eigenvalue weighted by Crippen LogP contribution is 2.21. The second-order valence-corrected chi connectivity index (χ2v) is 7.67. The van der Waals surface area contributed by atoms with E-state index in [0.717, 1.165) is 22.1 Å². The van der Waals surface area contributed by atoms with Crippen LogP contribution in [-0.4, -0.2) is 27.9 Å². The average Bonchev–Trinajstić information content (AvgIpc) is 3.21. The minimum atomic E-state index is -0.564. The van der Waals surface area contributed by atoms with Crippen LogP contribution >= 0.6 is 11.3 Å². The molecule has 1 aromatic carbocycles. The van der Waals surface area contributed by atoms with Crippen LogP contribution in [0.4, 0.5) is 0 Å². The quantitative estimate of drug-likeness (QED) is 0.348. The van der Waals surface area contributed by atoms with Gasteiger partial charge in [0, 0.05) is 34.1 Å². The zero-order chi connectivity index (χ0) is 20.3. The fourth-order valence-electron chi connectivity index (χ4n) is 3.01. The molecule has 6 heteroatoms. The van der Waals surface area contributed by atoms with Crippen molar-refractivity contribution in [2.24, 2.45) is 0 Å². The lowest BCUT2D eigenvalue weighted by Crippen LogP contribution is -2.13. The molecule has 2 aromatic heterocycles. The summed E-state index contributed by atoms with van der Waals surface area (Å²) < 4.78 is 7.13. The van der Waals surface area contributed by atoms with E-state index in [-0.39, 0.29) is 12.4 Å². The van der Waals surface area contributed by atoms with E-state index in [1.54, 1.807) is 6.08 Å². The third-order valence-corrected chi connectivity index (χ3v) is 5.19. The van der Waals surface area contributed by atoms with Gasteiger partial charge in [-0.15, -0.1) is 11.3 Å². The summed E-state index contributed by atoms with van der Waals surface area (Å²) in [6.07, 6.45) is 2.87. The maximum atomic E-state index is 12.6. The molecule has 3 aromatic rings. The van der Waals surface area contributed by atoms with Gasteiger partial charge in [-0.05, 0) is 52.0 Å².